The Morgan fingerprint density at radius 2 is 1.86 bits per heavy atom. The highest BCUT2D eigenvalue weighted by atomic mass is 16.7. The molecule has 1 unspecified atom stereocenters. The minimum atomic E-state index is -0.147. The van der Waals surface area contributed by atoms with Crippen LogP contribution >= 0.6 is 0 Å². The van der Waals surface area contributed by atoms with E-state index in [2.05, 4.69) is 5.32 Å². The highest BCUT2D eigenvalue weighted by Crippen LogP contribution is 2.39. The van der Waals surface area contributed by atoms with Gasteiger partial charge in [-0.2, -0.15) is 0 Å². The van der Waals surface area contributed by atoms with Crippen LogP contribution in [0.5, 0.6) is 28.7 Å². The second-order valence-corrected chi connectivity index (χ2v) is 8.39. The number of nitrogens with zero attached hydrogens (tertiary/aromatic N) is 1. The van der Waals surface area contributed by atoms with Gasteiger partial charge in [-0.25, -0.2) is 4.79 Å². The lowest BCUT2D eigenvalue weighted by Gasteiger charge is -2.27. The van der Waals surface area contributed by atoms with Gasteiger partial charge in [-0.15, -0.1) is 0 Å². The highest BCUT2D eigenvalue weighted by molar-refractivity contribution is 5.90. The van der Waals surface area contributed by atoms with Crippen molar-refractivity contribution in [1.29, 1.82) is 0 Å². The van der Waals surface area contributed by atoms with E-state index in [4.69, 9.17) is 23.7 Å². The topological polar surface area (TPSA) is 78.5 Å². The molecule has 2 aliphatic heterocycles. The van der Waals surface area contributed by atoms with Crippen LogP contribution in [0.15, 0.2) is 60.7 Å². The molecule has 0 aromatic heterocycles. The Kier molecular flexibility index (Phi) is 6.52. The molecule has 0 saturated carbocycles. The van der Waals surface area contributed by atoms with Crippen molar-refractivity contribution in [3.8, 4) is 28.7 Å². The van der Waals surface area contributed by atoms with E-state index >= 15 is 0 Å². The van der Waals surface area contributed by atoms with Crippen LogP contribution in [-0.2, 0) is 6.61 Å². The molecule has 1 N–H and O–H groups in total. The van der Waals surface area contributed by atoms with Gasteiger partial charge in [-0.1, -0.05) is 12.1 Å². The molecule has 5 rings (SSSR count). The number of urea groups is 1. The van der Waals surface area contributed by atoms with Gasteiger partial charge in [0.05, 0.1) is 20.3 Å². The Hall–Kier alpha value is -4.07. The Bertz CT molecular complexity index is 1210. The summed E-state index contributed by atoms with van der Waals surface area (Å²) in [6.07, 6.45) is 1.78. The van der Waals surface area contributed by atoms with Crippen LogP contribution in [-0.4, -0.2) is 38.5 Å². The summed E-state index contributed by atoms with van der Waals surface area (Å²) in [5, 5.41) is 3.05. The maximum atomic E-state index is 13.2. The molecule has 8 heteroatoms. The molecule has 0 aliphatic carbocycles. The van der Waals surface area contributed by atoms with Gasteiger partial charge in [0, 0.05) is 23.9 Å². The average Bonchev–Trinajstić information content (AvgIpc) is 3.57. The molecular weight excluding hydrogens is 448 g/mol. The Labute approximate surface area is 204 Å². The third kappa shape index (κ3) is 4.91. The van der Waals surface area contributed by atoms with Gasteiger partial charge in [0.1, 0.15) is 23.9 Å². The number of ether oxygens (including phenoxy) is 5. The number of likely N-dealkylation sites (tertiary alicyclic amines) is 1. The monoisotopic (exact) mass is 476 g/mol. The first-order valence-corrected chi connectivity index (χ1v) is 11.6. The number of fused-ring (bicyclic) bond motifs is 1. The van der Waals surface area contributed by atoms with E-state index in [1.807, 2.05) is 65.6 Å². The number of rotatable bonds is 7. The zero-order chi connectivity index (χ0) is 24.2. The first-order chi connectivity index (χ1) is 17.1. The number of carbonyl (C=O) groups excluding carboxylic acids is 1. The highest BCUT2D eigenvalue weighted by Gasteiger charge is 2.32. The van der Waals surface area contributed by atoms with Gasteiger partial charge < -0.3 is 33.9 Å². The van der Waals surface area contributed by atoms with Crippen LogP contribution in [0.1, 0.15) is 30.0 Å². The van der Waals surface area contributed by atoms with E-state index in [-0.39, 0.29) is 18.9 Å². The molecule has 182 valence electrons. The third-order valence-corrected chi connectivity index (χ3v) is 6.24. The molecule has 1 atom stereocenters. The number of nitrogens with one attached hydrogen (secondary N) is 1. The van der Waals surface area contributed by atoms with E-state index in [1.165, 1.54) is 0 Å². The molecular formula is C27H28N2O6. The number of benzene rings is 3. The first kappa shape index (κ1) is 22.7. The third-order valence-electron chi connectivity index (χ3n) is 6.24. The average molecular weight is 477 g/mol. The minimum absolute atomic E-state index is 0.0856. The quantitative estimate of drug-likeness (QED) is 0.493. The van der Waals surface area contributed by atoms with Crippen molar-refractivity contribution in [2.45, 2.75) is 25.5 Å². The van der Waals surface area contributed by atoms with Crippen molar-refractivity contribution in [2.24, 2.45) is 0 Å². The first-order valence-electron chi connectivity index (χ1n) is 11.6. The van der Waals surface area contributed by atoms with Crippen LogP contribution in [0.2, 0.25) is 0 Å². The smallest absolute Gasteiger partial charge is 0.322 e. The van der Waals surface area contributed by atoms with Crippen molar-refractivity contribution in [2.75, 3.05) is 32.9 Å². The van der Waals surface area contributed by atoms with Crippen LogP contribution in [0.4, 0.5) is 10.5 Å². The maximum absolute atomic E-state index is 13.2. The van der Waals surface area contributed by atoms with Gasteiger partial charge >= 0.3 is 6.03 Å². The van der Waals surface area contributed by atoms with Gasteiger partial charge in [-0.3, -0.25) is 0 Å². The number of amides is 2. The Morgan fingerprint density at radius 3 is 2.71 bits per heavy atom. The zero-order valence-electron chi connectivity index (χ0n) is 19.8. The molecule has 1 fully saturated rings. The summed E-state index contributed by atoms with van der Waals surface area (Å²) in [5.74, 6) is 3.57. The molecule has 2 aliphatic rings. The van der Waals surface area contributed by atoms with Crippen molar-refractivity contribution in [3.05, 3.63) is 71.8 Å². The standard InChI is InChI=1S/C27H28N2O6/c1-31-20-8-10-24(32-2)22(14-20)23-7-4-12-29(23)27(30)28-19-6-3-5-18(13-19)16-33-21-9-11-25-26(15-21)35-17-34-25/h3,5-6,8-11,13-15,23H,4,7,12,16-17H2,1-2H3,(H,28,30). The van der Waals surface area contributed by atoms with Gasteiger partial charge in [0.15, 0.2) is 11.5 Å². The molecule has 3 aromatic rings. The SMILES string of the molecule is COc1ccc(OC)c(C2CCCN2C(=O)Nc2cccc(COc3ccc4c(c3)OCO4)c2)c1. The number of methoxy groups -OCH3 is 2. The predicted octanol–water partition coefficient (Wildman–Crippen LogP) is 5.38. The summed E-state index contributed by atoms with van der Waals surface area (Å²) >= 11 is 0. The van der Waals surface area contributed by atoms with Crippen LogP contribution in [0.25, 0.3) is 0 Å². The Morgan fingerprint density at radius 1 is 1.00 bits per heavy atom. The molecule has 2 amide bonds. The summed E-state index contributed by atoms with van der Waals surface area (Å²) in [6, 6.07) is 18.6. The molecule has 0 spiro atoms. The van der Waals surface area contributed by atoms with Gasteiger partial charge in [0.25, 0.3) is 0 Å². The van der Waals surface area contributed by atoms with E-state index in [9.17, 15) is 4.79 Å². The maximum Gasteiger partial charge on any atom is 0.322 e. The summed E-state index contributed by atoms with van der Waals surface area (Å²) in [4.78, 5) is 15.1. The fourth-order valence-electron chi connectivity index (χ4n) is 4.50. The van der Waals surface area contributed by atoms with Gasteiger partial charge in [-0.05, 0) is 60.9 Å². The largest absolute Gasteiger partial charge is 0.497 e. The summed E-state index contributed by atoms with van der Waals surface area (Å²) in [5.41, 5.74) is 2.60. The zero-order valence-corrected chi connectivity index (χ0v) is 19.8. The van der Waals surface area contributed by atoms with E-state index in [0.29, 0.717) is 36.1 Å². The van der Waals surface area contributed by atoms with Crippen LogP contribution < -0.4 is 29.0 Å². The van der Waals surface area contributed by atoms with E-state index in [0.717, 1.165) is 35.5 Å². The molecule has 0 radical (unpaired) electrons. The number of hydrogen-bond donors (Lipinski definition) is 1. The molecule has 0 bridgehead atoms. The fourth-order valence-corrected chi connectivity index (χ4v) is 4.50. The Balaban J connectivity index is 1.25. The summed E-state index contributed by atoms with van der Waals surface area (Å²) in [6.45, 7) is 1.25. The molecule has 3 aromatic carbocycles. The lowest BCUT2D eigenvalue weighted by molar-refractivity contribution is 0.173. The van der Waals surface area contributed by atoms with E-state index < -0.39 is 0 Å². The molecule has 8 nitrogen and oxygen atoms in total. The number of anilines is 1. The number of hydrogen-bond acceptors (Lipinski definition) is 6. The van der Waals surface area contributed by atoms with Crippen LogP contribution in [0, 0.1) is 0 Å². The number of carbonyl (C=O) groups is 1. The molecule has 2 heterocycles. The fraction of sp³-hybridized carbons (Fsp3) is 0.296. The van der Waals surface area contributed by atoms with E-state index in [1.54, 1.807) is 14.2 Å². The predicted molar refractivity (Wildman–Crippen MR) is 131 cm³/mol. The second kappa shape index (κ2) is 10.0. The van der Waals surface area contributed by atoms with Crippen molar-refractivity contribution >= 4 is 11.7 Å². The van der Waals surface area contributed by atoms with Crippen LogP contribution in [0.3, 0.4) is 0 Å². The van der Waals surface area contributed by atoms with Gasteiger partial charge in [0.2, 0.25) is 6.79 Å². The second-order valence-electron chi connectivity index (χ2n) is 8.39. The summed E-state index contributed by atoms with van der Waals surface area (Å²) in [7, 11) is 3.27. The van der Waals surface area contributed by atoms with Crippen molar-refractivity contribution in [3.63, 3.8) is 0 Å². The normalized spacial score (nSPS) is 16.2. The molecule has 1 saturated heterocycles. The molecule has 35 heavy (non-hydrogen) atoms. The lowest BCUT2D eigenvalue weighted by Crippen LogP contribution is -2.34. The lowest BCUT2D eigenvalue weighted by atomic mass is 10.0. The minimum Gasteiger partial charge on any atom is -0.497 e. The summed E-state index contributed by atoms with van der Waals surface area (Å²) < 4.78 is 27.6. The van der Waals surface area contributed by atoms with Crippen molar-refractivity contribution in [1.82, 2.24) is 4.90 Å². The van der Waals surface area contributed by atoms with Crippen molar-refractivity contribution < 1.29 is 28.5 Å².